The van der Waals surface area contributed by atoms with Crippen LogP contribution in [0.3, 0.4) is 0 Å². The number of aryl methyl sites for hydroxylation is 3. The predicted octanol–water partition coefficient (Wildman–Crippen LogP) is 6.68. The summed E-state index contributed by atoms with van der Waals surface area (Å²) in [5.74, 6) is 0.741. The van der Waals surface area contributed by atoms with Crippen LogP contribution in [0.25, 0.3) is 21.3 Å². The van der Waals surface area contributed by atoms with Crippen molar-refractivity contribution in [2.45, 2.75) is 20.8 Å². The monoisotopic (exact) mass is 379 g/mol. The van der Waals surface area contributed by atoms with Gasteiger partial charge in [0.2, 0.25) is 5.28 Å². The molecule has 0 aliphatic heterocycles. The number of benzene rings is 2. The highest BCUT2D eigenvalue weighted by atomic mass is 35.5. The largest absolute Gasteiger partial charge is 0.339 e. The second-order valence-corrected chi connectivity index (χ2v) is 7.68. The number of anilines is 2. The first-order chi connectivity index (χ1) is 12.5. The molecule has 0 bridgehead atoms. The Bertz CT molecular complexity index is 1100. The van der Waals surface area contributed by atoms with Gasteiger partial charge in [-0.15, -0.1) is 11.3 Å². The highest BCUT2D eigenvalue weighted by Crippen LogP contribution is 2.39. The molecule has 0 spiro atoms. The van der Waals surface area contributed by atoms with Crippen molar-refractivity contribution >= 4 is 44.7 Å². The van der Waals surface area contributed by atoms with Gasteiger partial charge in [-0.3, -0.25) is 0 Å². The molecule has 0 saturated carbocycles. The maximum Gasteiger partial charge on any atom is 0.225 e. The Balaban J connectivity index is 1.89. The van der Waals surface area contributed by atoms with Crippen LogP contribution in [0.15, 0.2) is 47.8 Å². The molecule has 0 radical (unpaired) electrons. The Morgan fingerprint density at radius 2 is 1.65 bits per heavy atom. The van der Waals surface area contributed by atoms with Gasteiger partial charge in [-0.2, -0.15) is 4.98 Å². The van der Waals surface area contributed by atoms with Crippen molar-refractivity contribution in [3.8, 4) is 11.1 Å². The maximum atomic E-state index is 6.18. The highest BCUT2D eigenvalue weighted by molar-refractivity contribution is 7.17. The van der Waals surface area contributed by atoms with Crippen LogP contribution in [0.2, 0.25) is 5.28 Å². The van der Waals surface area contributed by atoms with Gasteiger partial charge in [0.25, 0.3) is 0 Å². The summed E-state index contributed by atoms with van der Waals surface area (Å²) in [6, 6.07) is 14.8. The number of thiophene rings is 1. The van der Waals surface area contributed by atoms with E-state index in [1.165, 1.54) is 11.1 Å². The second kappa shape index (κ2) is 6.71. The van der Waals surface area contributed by atoms with E-state index in [1.54, 1.807) is 11.3 Å². The van der Waals surface area contributed by atoms with Crippen LogP contribution < -0.4 is 5.32 Å². The van der Waals surface area contributed by atoms with Gasteiger partial charge in [-0.05, 0) is 55.1 Å². The normalized spacial score (nSPS) is 11.1. The minimum Gasteiger partial charge on any atom is -0.339 e. The number of hydrogen-bond donors (Lipinski definition) is 1. The van der Waals surface area contributed by atoms with Crippen molar-refractivity contribution in [1.82, 2.24) is 9.97 Å². The number of aromatic nitrogens is 2. The fourth-order valence-corrected chi connectivity index (χ4v) is 4.12. The summed E-state index contributed by atoms with van der Waals surface area (Å²) in [5, 5.41) is 6.85. The lowest BCUT2D eigenvalue weighted by Crippen LogP contribution is -1.99. The Kier molecular flexibility index (Phi) is 4.39. The zero-order chi connectivity index (χ0) is 18.3. The number of halogens is 1. The van der Waals surface area contributed by atoms with Gasteiger partial charge < -0.3 is 5.32 Å². The van der Waals surface area contributed by atoms with E-state index in [2.05, 4.69) is 83.9 Å². The molecule has 2 aromatic heterocycles. The fraction of sp³-hybridized carbons (Fsp3) is 0.143. The van der Waals surface area contributed by atoms with E-state index in [0.717, 1.165) is 38.4 Å². The van der Waals surface area contributed by atoms with E-state index < -0.39 is 0 Å². The van der Waals surface area contributed by atoms with Gasteiger partial charge in [-0.1, -0.05) is 42.0 Å². The van der Waals surface area contributed by atoms with Crippen LogP contribution in [0.5, 0.6) is 0 Å². The van der Waals surface area contributed by atoms with Crippen LogP contribution in [0.1, 0.15) is 16.7 Å². The topological polar surface area (TPSA) is 37.8 Å². The number of hydrogen-bond acceptors (Lipinski definition) is 4. The van der Waals surface area contributed by atoms with E-state index in [4.69, 9.17) is 11.6 Å². The molecular formula is C21H18ClN3S. The van der Waals surface area contributed by atoms with Gasteiger partial charge in [0.1, 0.15) is 10.6 Å². The van der Waals surface area contributed by atoms with E-state index in [0.29, 0.717) is 0 Å². The second-order valence-electron chi connectivity index (χ2n) is 6.48. The molecule has 4 rings (SSSR count). The molecule has 3 nitrogen and oxygen atoms in total. The van der Waals surface area contributed by atoms with Crippen molar-refractivity contribution in [3.63, 3.8) is 0 Å². The molecule has 0 amide bonds. The smallest absolute Gasteiger partial charge is 0.225 e. The van der Waals surface area contributed by atoms with Gasteiger partial charge >= 0.3 is 0 Å². The van der Waals surface area contributed by atoms with E-state index >= 15 is 0 Å². The summed E-state index contributed by atoms with van der Waals surface area (Å²) < 4.78 is 0. The van der Waals surface area contributed by atoms with E-state index in [9.17, 15) is 0 Å². The molecule has 2 aromatic carbocycles. The van der Waals surface area contributed by atoms with Gasteiger partial charge in [-0.25, -0.2) is 4.98 Å². The van der Waals surface area contributed by atoms with Gasteiger partial charge in [0, 0.05) is 16.6 Å². The average Bonchev–Trinajstić information content (AvgIpc) is 3.02. The quantitative estimate of drug-likeness (QED) is 0.403. The third kappa shape index (κ3) is 3.18. The first-order valence-electron chi connectivity index (χ1n) is 8.37. The Hall–Kier alpha value is -2.43. The molecule has 26 heavy (non-hydrogen) atoms. The lowest BCUT2D eigenvalue weighted by Gasteiger charge is -2.12. The SMILES string of the molecule is Cc1ccc(-c2csc3nc(Cl)nc(Nc4cc(C)ccc4C)c23)cc1. The maximum absolute atomic E-state index is 6.18. The van der Waals surface area contributed by atoms with Crippen LogP contribution in [0.4, 0.5) is 11.5 Å². The van der Waals surface area contributed by atoms with Crippen molar-refractivity contribution in [2.24, 2.45) is 0 Å². The summed E-state index contributed by atoms with van der Waals surface area (Å²) >= 11 is 7.77. The third-order valence-corrected chi connectivity index (χ3v) is 5.46. The predicted molar refractivity (Wildman–Crippen MR) is 112 cm³/mol. The lowest BCUT2D eigenvalue weighted by atomic mass is 10.0. The molecular weight excluding hydrogens is 362 g/mol. The zero-order valence-corrected chi connectivity index (χ0v) is 16.4. The molecule has 0 atom stereocenters. The summed E-state index contributed by atoms with van der Waals surface area (Å²) in [6.45, 7) is 6.25. The Morgan fingerprint density at radius 3 is 2.42 bits per heavy atom. The first kappa shape index (κ1) is 17.0. The summed E-state index contributed by atoms with van der Waals surface area (Å²) in [4.78, 5) is 9.79. The van der Waals surface area contributed by atoms with Crippen molar-refractivity contribution in [3.05, 3.63) is 69.8 Å². The molecule has 5 heteroatoms. The molecule has 1 N–H and O–H groups in total. The Morgan fingerprint density at radius 1 is 0.923 bits per heavy atom. The molecule has 0 aliphatic rings. The molecule has 4 aromatic rings. The number of fused-ring (bicyclic) bond motifs is 1. The molecule has 0 aliphatic carbocycles. The lowest BCUT2D eigenvalue weighted by molar-refractivity contribution is 1.22. The average molecular weight is 380 g/mol. The molecule has 0 fully saturated rings. The zero-order valence-electron chi connectivity index (χ0n) is 14.8. The Labute approximate surface area is 161 Å². The summed E-state index contributed by atoms with van der Waals surface area (Å²) in [6.07, 6.45) is 0. The van der Waals surface area contributed by atoms with Crippen LogP contribution in [-0.2, 0) is 0 Å². The number of nitrogens with zero attached hydrogens (tertiary/aromatic N) is 2. The number of rotatable bonds is 3. The highest BCUT2D eigenvalue weighted by Gasteiger charge is 2.15. The van der Waals surface area contributed by atoms with Gasteiger partial charge in [0.15, 0.2) is 0 Å². The standard InChI is InChI=1S/C21H18ClN3S/c1-12-5-8-15(9-6-12)16-11-26-20-18(16)19(24-21(22)25-20)23-17-10-13(2)4-7-14(17)3/h4-11H,1-3H3,(H,23,24,25). The minimum atomic E-state index is 0.252. The van der Waals surface area contributed by atoms with Gasteiger partial charge in [0.05, 0.1) is 5.39 Å². The molecule has 130 valence electrons. The molecule has 0 saturated heterocycles. The summed E-state index contributed by atoms with van der Waals surface area (Å²) in [7, 11) is 0. The van der Waals surface area contributed by atoms with E-state index in [-0.39, 0.29) is 5.28 Å². The van der Waals surface area contributed by atoms with Crippen molar-refractivity contribution < 1.29 is 0 Å². The molecule has 2 heterocycles. The summed E-state index contributed by atoms with van der Waals surface area (Å²) in [5.41, 5.74) is 6.89. The van der Waals surface area contributed by atoms with E-state index in [1.807, 2.05) is 0 Å². The minimum absolute atomic E-state index is 0.252. The number of nitrogens with one attached hydrogen (secondary N) is 1. The van der Waals surface area contributed by atoms with Crippen LogP contribution >= 0.6 is 22.9 Å². The van der Waals surface area contributed by atoms with Crippen molar-refractivity contribution in [1.29, 1.82) is 0 Å². The third-order valence-electron chi connectivity index (χ3n) is 4.41. The molecule has 0 unspecified atom stereocenters. The van der Waals surface area contributed by atoms with Crippen molar-refractivity contribution in [2.75, 3.05) is 5.32 Å². The van der Waals surface area contributed by atoms with Crippen LogP contribution in [-0.4, -0.2) is 9.97 Å². The first-order valence-corrected chi connectivity index (χ1v) is 9.63. The van der Waals surface area contributed by atoms with Crippen LogP contribution in [0, 0.1) is 20.8 Å². The fourth-order valence-electron chi connectivity index (χ4n) is 2.95.